The van der Waals surface area contributed by atoms with Crippen molar-refractivity contribution in [3.05, 3.63) is 17.0 Å². The van der Waals surface area contributed by atoms with Crippen molar-refractivity contribution >= 4 is 17.4 Å². The van der Waals surface area contributed by atoms with Gasteiger partial charge in [-0.15, -0.1) is 0 Å². The Hall–Kier alpha value is -0.870. The molecular formula is C15H23ClN4. The van der Waals surface area contributed by atoms with E-state index < -0.39 is 0 Å². The third-order valence-corrected chi connectivity index (χ3v) is 4.66. The minimum absolute atomic E-state index is 0.593. The van der Waals surface area contributed by atoms with Gasteiger partial charge in [-0.2, -0.15) is 0 Å². The highest BCUT2D eigenvalue weighted by Crippen LogP contribution is 2.32. The predicted molar refractivity (Wildman–Crippen MR) is 82.2 cm³/mol. The molecule has 2 heterocycles. The highest BCUT2D eigenvalue weighted by atomic mass is 35.5. The summed E-state index contributed by atoms with van der Waals surface area (Å²) in [6, 6.07) is 0.893. The summed E-state index contributed by atoms with van der Waals surface area (Å²) in [5.74, 6) is 1.66. The minimum Gasteiger partial charge on any atom is -0.369 e. The van der Waals surface area contributed by atoms with E-state index in [0.29, 0.717) is 5.15 Å². The molecule has 1 saturated heterocycles. The number of halogens is 1. The Morgan fingerprint density at radius 1 is 1.35 bits per heavy atom. The fourth-order valence-corrected chi connectivity index (χ4v) is 3.28. The number of likely N-dealkylation sites (tertiary alicyclic amines) is 1. The molecule has 1 aromatic rings. The maximum Gasteiger partial charge on any atom is 0.137 e. The minimum atomic E-state index is 0.593. The average Bonchev–Trinajstić information content (AvgIpc) is 3.19. The molecule has 4 nitrogen and oxygen atoms in total. The number of nitrogens with zero attached hydrogens (tertiary/aromatic N) is 3. The van der Waals surface area contributed by atoms with Gasteiger partial charge >= 0.3 is 0 Å². The highest BCUT2D eigenvalue weighted by Gasteiger charge is 2.34. The standard InChI is InChI=1S/C15H23ClN4/c1-2-3-13-14(16)18-10-19-15(13)17-8-11-6-7-20(9-11)12-4-5-12/h10-12H,2-9H2,1H3,(H,17,18,19). The molecule has 1 aliphatic carbocycles. The van der Waals surface area contributed by atoms with Crippen LogP contribution in [0.4, 0.5) is 5.82 Å². The SMILES string of the molecule is CCCc1c(Cl)ncnc1NCC1CCN(C2CC2)C1. The van der Waals surface area contributed by atoms with Crippen LogP contribution in [0.5, 0.6) is 0 Å². The molecule has 1 N–H and O–H groups in total. The summed E-state index contributed by atoms with van der Waals surface area (Å²) < 4.78 is 0. The fourth-order valence-electron chi connectivity index (χ4n) is 3.06. The molecular weight excluding hydrogens is 272 g/mol. The maximum absolute atomic E-state index is 6.18. The summed E-state index contributed by atoms with van der Waals surface area (Å²) in [5, 5.41) is 4.09. The summed E-state index contributed by atoms with van der Waals surface area (Å²) >= 11 is 6.18. The van der Waals surface area contributed by atoms with Gasteiger partial charge < -0.3 is 10.2 Å². The van der Waals surface area contributed by atoms with E-state index in [2.05, 4.69) is 27.1 Å². The molecule has 110 valence electrons. The van der Waals surface area contributed by atoms with Crippen LogP contribution in [0.25, 0.3) is 0 Å². The zero-order chi connectivity index (χ0) is 13.9. The van der Waals surface area contributed by atoms with Crippen molar-refractivity contribution < 1.29 is 0 Å². The van der Waals surface area contributed by atoms with Crippen LogP contribution in [0.2, 0.25) is 5.15 Å². The molecule has 1 unspecified atom stereocenters. The zero-order valence-corrected chi connectivity index (χ0v) is 12.9. The quantitative estimate of drug-likeness (QED) is 0.819. The fraction of sp³-hybridized carbons (Fsp3) is 0.733. The Labute approximate surface area is 125 Å². The molecule has 3 rings (SSSR count). The van der Waals surface area contributed by atoms with E-state index in [4.69, 9.17) is 11.6 Å². The monoisotopic (exact) mass is 294 g/mol. The van der Waals surface area contributed by atoms with Gasteiger partial charge in [-0.05, 0) is 38.1 Å². The maximum atomic E-state index is 6.18. The van der Waals surface area contributed by atoms with Gasteiger partial charge in [0, 0.05) is 24.7 Å². The molecule has 2 fully saturated rings. The zero-order valence-electron chi connectivity index (χ0n) is 12.1. The highest BCUT2D eigenvalue weighted by molar-refractivity contribution is 6.30. The van der Waals surface area contributed by atoms with Crippen LogP contribution in [0.1, 0.15) is 38.2 Å². The summed E-state index contributed by atoms with van der Waals surface area (Å²) in [6.07, 6.45) is 7.65. The molecule has 20 heavy (non-hydrogen) atoms. The van der Waals surface area contributed by atoms with Gasteiger partial charge in [-0.3, -0.25) is 0 Å². The molecule has 0 spiro atoms. The first-order valence-electron chi connectivity index (χ1n) is 7.75. The van der Waals surface area contributed by atoms with Crippen LogP contribution >= 0.6 is 11.6 Å². The van der Waals surface area contributed by atoms with Gasteiger partial charge in [-0.1, -0.05) is 24.9 Å². The van der Waals surface area contributed by atoms with E-state index >= 15 is 0 Å². The van der Waals surface area contributed by atoms with Gasteiger partial charge in [0.25, 0.3) is 0 Å². The lowest BCUT2D eigenvalue weighted by atomic mass is 10.1. The van der Waals surface area contributed by atoms with Crippen LogP contribution in [0.15, 0.2) is 6.33 Å². The lowest BCUT2D eigenvalue weighted by Crippen LogP contribution is -2.25. The summed E-state index contributed by atoms with van der Waals surface area (Å²) in [4.78, 5) is 11.1. The lowest BCUT2D eigenvalue weighted by molar-refractivity contribution is 0.316. The first-order chi connectivity index (χ1) is 9.78. The smallest absolute Gasteiger partial charge is 0.137 e. The van der Waals surface area contributed by atoms with Crippen molar-refractivity contribution in [2.45, 2.75) is 45.1 Å². The predicted octanol–water partition coefficient (Wildman–Crippen LogP) is 2.98. The van der Waals surface area contributed by atoms with Crippen molar-refractivity contribution in [3.63, 3.8) is 0 Å². The Morgan fingerprint density at radius 2 is 2.20 bits per heavy atom. The molecule has 2 aliphatic rings. The molecule has 0 amide bonds. The largest absolute Gasteiger partial charge is 0.369 e. The molecule has 0 bridgehead atoms. The van der Waals surface area contributed by atoms with E-state index in [1.54, 1.807) is 6.33 Å². The van der Waals surface area contributed by atoms with Gasteiger partial charge in [0.05, 0.1) is 0 Å². The van der Waals surface area contributed by atoms with Crippen molar-refractivity contribution in [1.82, 2.24) is 14.9 Å². The Bertz CT molecular complexity index is 461. The van der Waals surface area contributed by atoms with Crippen molar-refractivity contribution in [3.8, 4) is 0 Å². The van der Waals surface area contributed by atoms with Gasteiger partial charge in [0.15, 0.2) is 0 Å². The average molecular weight is 295 g/mol. The first kappa shape index (κ1) is 14.1. The molecule has 1 saturated carbocycles. The van der Waals surface area contributed by atoms with E-state index in [1.165, 1.54) is 32.4 Å². The van der Waals surface area contributed by atoms with E-state index in [-0.39, 0.29) is 0 Å². The van der Waals surface area contributed by atoms with Crippen molar-refractivity contribution in [1.29, 1.82) is 0 Å². The normalized spacial score (nSPS) is 23.2. The summed E-state index contributed by atoms with van der Waals surface area (Å²) in [6.45, 7) is 5.65. The van der Waals surface area contributed by atoms with Crippen molar-refractivity contribution in [2.75, 3.05) is 25.0 Å². The van der Waals surface area contributed by atoms with E-state index in [1.807, 2.05) is 0 Å². The Morgan fingerprint density at radius 3 is 2.95 bits per heavy atom. The first-order valence-corrected chi connectivity index (χ1v) is 8.13. The lowest BCUT2D eigenvalue weighted by Gasteiger charge is -2.16. The van der Waals surface area contributed by atoms with Gasteiger partial charge in [0.1, 0.15) is 17.3 Å². The molecule has 5 heteroatoms. The van der Waals surface area contributed by atoms with Gasteiger partial charge in [-0.25, -0.2) is 9.97 Å². The van der Waals surface area contributed by atoms with Crippen molar-refractivity contribution in [2.24, 2.45) is 5.92 Å². The second-order valence-corrected chi connectivity index (χ2v) is 6.36. The number of rotatable bonds is 6. The Balaban J connectivity index is 1.56. The number of anilines is 1. The molecule has 0 radical (unpaired) electrons. The molecule has 0 aromatic carbocycles. The van der Waals surface area contributed by atoms with Crippen LogP contribution in [-0.4, -0.2) is 40.5 Å². The number of hydrogen-bond acceptors (Lipinski definition) is 4. The second kappa shape index (κ2) is 6.27. The topological polar surface area (TPSA) is 41.1 Å². The summed E-state index contributed by atoms with van der Waals surface area (Å²) in [7, 11) is 0. The second-order valence-electron chi connectivity index (χ2n) is 6.00. The van der Waals surface area contributed by atoms with E-state index in [0.717, 1.165) is 42.7 Å². The van der Waals surface area contributed by atoms with E-state index in [9.17, 15) is 0 Å². The number of nitrogens with one attached hydrogen (secondary N) is 1. The molecule has 1 atom stereocenters. The van der Waals surface area contributed by atoms with Crippen LogP contribution in [-0.2, 0) is 6.42 Å². The third-order valence-electron chi connectivity index (χ3n) is 4.33. The number of aromatic nitrogens is 2. The van der Waals surface area contributed by atoms with Crippen LogP contribution in [0, 0.1) is 5.92 Å². The number of hydrogen-bond donors (Lipinski definition) is 1. The van der Waals surface area contributed by atoms with Gasteiger partial charge in [0.2, 0.25) is 0 Å². The Kier molecular flexibility index (Phi) is 4.41. The molecule has 1 aromatic heterocycles. The van der Waals surface area contributed by atoms with Crippen LogP contribution < -0.4 is 5.32 Å². The third kappa shape index (κ3) is 3.23. The summed E-state index contributed by atoms with van der Waals surface area (Å²) in [5.41, 5.74) is 1.06. The molecule has 1 aliphatic heterocycles. The van der Waals surface area contributed by atoms with Crippen LogP contribution in [0.3, 0.4) is 0 Å².